The van der Waals surface area contributed by atoms with E-state index in [0.717, 1.165) is 51.3 Å². The summed E-state index contributed by atoms with van der Waals surface area (Å²) in [6.45, 7) is 4.95. The van der Waals surface area contributed by atoms with Crippen molar-refractivity contribution in [1.29, 1.82) is 0 Å². The van der Waals surface area contributed by atoms with Gasteiger partial charge in [0.2, 0.25) is 5.91 Å². The number of aromatic nitrogens is 2. The number of aromatic amines is 1. The van der Waals surface area contributed by atoms with Gasteiger partial charge in [0.1, 0.15) is 0 Å². The summed E-state index contributed by atoms with van der Waals surface area (Å²) in [5, 5.41) is 10.1. The van der Waals surface area contributed by atoms with Crippen molar-refractivity contribution >= 4 is 17.2 Å². The Labute approximate surface area is 152 Å². The van der Waals surface area contributed by atoms with E-state index in [-0.39, 0.29) is 11.4 Å². The van der Waals surface area contributed by atoms with Crippen LogP contribution in [0.5, 0.6) is 0 Å². The summed E-state index contributed by atoms with van der Waals surface area (Å²) in [4.78, 5) is 19.4. The molecule has 1 amide bonds. The molecule has 25 heavy (non-hydrogen) atoms. The average Bonchev–Trinajstić information content (AvgIpc) is 3.24. The third-order valence-corrected chi connectivity index (χ3v) is 6.72. The van der Waals surface area contributed by atoms with Gasteiger partial charge in [0.25, 0.3) is 0 Å². The molecule has 1 atom stereocenters. The van der Waals surface area contributed by atoms with E-state index in [0.29, 0.717) is 6.42 Å². The molecule has 0 aromatic carbocycles. The predicted octanol–water partition coefficient (Wildman–Crippen LogP) is 1.92. The van der Waals surface area contributed by atoms with Gasteiger partial charge >= 0.3 is 0 Å². The topological polar surface area (TPSA) is 64.3 Å². The Morgan fingerprint density at radius 1 is 1.28 bits per heavy atom. The summed E-state index contributed by atoms with van der Waals surface area (Å²) in [7, 11) is 2.22. The van der Waals surface area contributed by atoms with E-state index in [9.17, 15) is 4.79 Å². The lowest BCUT2D eigenvalue weighted by Gasteiger charge is -2.49. The van der Waals surface area contributed by atoms with Crippen LogP contribution in [0.15, 0.2) is 24.4 Å². The number of thiophene rings is 1. The lowest BCUT2D eigenvalue weighted by molar-refractivity contribution is -0.121. The third-order valence-electron chi connectivity index (χ3n) is 5.62. The number of carbonyl (C=O) groups is 1. The molecule has 2 aliphatic rings. The molecule has 4 rings (SSSR count). The zero-order valence-electron chi connectivity index (χ0n) is 14.6. The largest absolute Gasteiger partial charge is 0.356 e. The van der Waals surface area contributed by atoms with E-state index in [1.165, 1.54) is 9.75 Å². The standard InChI is InChI=1S/C18H25N5OS/c1-22-10-11-23(13-18(22)6-4-17(24)19-9-7-18)12-14-2-3-16(25-14)15-5-8-20-21-15/h2-3,5,8H,4,6-7,9-13H2,1H3,(H,19,24)(H,20,21)/t18-/m0/s1. The van der Waals surface area contributed by atoms with Crippen molar-refractivity contribution in [3.05, 3.63) is 29.3 Å². The molecule has 2 aromatic rings. The van der Waals surface area contributed by atoms with E-state index in [1.54, 1.807) is 6.20 Å². The second kappa shape index (κ2) is 6.90. The van der Waals surface area contributed by atoms with Crippen molar-refractivity contribution in [1.82, 2.24) is 25.3 Å². The highest BCUT2D eigenvalue weighted by atomic mass is 32.1. The van der Waals surface area contributed by atoms with Crippen LogP contribution < -0.4 is 5.32 Å². The summed E-state index contributed by atoms with van der Waals surface area (Å²) in [5.74, 6) is 0.199. The quantitative estimate of drug-likeness (QED) is 0.879. The van der Waals surface area contributed by atoms with Gasteiger partial charge in [-0.25, -0.2) is 0 Å². The molecule has 2 aliphatic heterocycles. The van der Waals surface area contributed by atoms with Crippen LogP contribution in [0.1, 0.15) is 24.1 Å². The van der Waals surface area contributed by atoms with Crippen LogP contribution in [0, 0.1) is 0 Å². The maximum absolute atomic E-state index is 11.8. The van der Waals surface area contributed by atoms with Crippen molar-refractivity contribution in [2.75, 3.05) is 33.2 Å². The number of amides is 1. The molecular formula is C18H25N5OS. The van der Waals surface area contributed by atoms with Crippen LogP contribution in [0.4, 0.5) is 0 Å². The number of piperazine rings is 1. The Balaban J connectivity index is 1.45. The number of hydrogen-bond donors (Lipinski definition) is 2. The molecule has 0 radical (unpaired) electrons. The fourth-order valence-corrected chi connectivity index (χ4v) is 5.06. The Bertz CT molecular complexity index is 728. The van der Waals surface area contributed by atoms with Crippen LogP contribution in [0.2, 0.25) is 0 Å². The molecule has 1 spiro atoms. The minimum atomic E-state index is 0.126. The molecule has 0 unspecified atom stereocenters. The van der Waals surface area contributed by atoms with Gasteiger partial charge in [0, 0.05) is 55.8 Å². The van der Waals surface area contributed by atoms with Crippen LogP contribution in [0.25, 0.3) is 10.6 Å². The van der Waals surface area contributed by atoms with Gasteiger partial charge < -0.3 is 5.32 Å². The molecule has 2 N–H and O–H groups in total. The first-order valence-electron chi connectivity index (χ1n) is 8.93. The molecule has 4 heterocycles. The second-order valence-electron chi connectivity index (χ2n) is 7.19. The van der Waals surface area contributed by atoms with Gasteiger partial charge in [-0.05, 0) is 38.1 Å². The second-order valence-corrected chi connectivity index (χ2v) is 8.36. The summed E-state index contributed by atoms with van der Waals surface area (Å²) in [6, 6.07) is 6.41. The first kappa shape index (κ1) is 16.8. The Morgan fingerprint density at radius 3 is 3.04 bits per heavy atom. The zero-order valence-corrected chi connectivity index (χ0v) is 15.4. The number of rotatable bonds is 3. The molecule has 7 heteroatoms. The molecule has 0 saturated carbocycles. The third kappa shape index (κ3) is 3.49. The number of carbonyl (C=O) groups excluding carboxylic acids is 1. The fraction of sp³-hybridized carbons (Fsp3) is 0.556. The van der Waals surface area contributed by atoms with Crippen molar-refractivity contribution in [3.63, 3.8) is 0 Å². The summed E-state index contributed by atoms with van der Waals surface area (Å²) < 4.78 is 0. The molecule has 2 fully saturated rings. The van der Waals surface area contributed by atoms with Crippen molar-refractivity contribution in [2.24, 2.45) is 0 Å². The number of nitrogens with one attached hydrogen (secondary N) is 2. The molecular weight excluding hydrogens is 334 g/mol. The van der Waals surface area contributed by atoms with Gasteiger partial charge in [-0.15, -0.1) is 11.3 Å². The van der Waals surface area contributed by atoms with Gasteiger partial charge in [-0.1, -0.05) is 0 Å². The first-order valence-corrected chi connectivity index (χ1v) is 9.75. The maximum Gasteiger partial charge on any atom is 0.220 e. The number of likely N-dealkylation sites (N-methyl/N-ethyl adjacent to an activating group) is 1. The highest BCUT2D eigenvalue weighted by Crippen LogP contribution is 2.32. The van der Waals surface area contributed by atoms with Gasteiger partial charge in [0.15, 0.2) is 0 Å². The molecule has 2 aromatic heterocycles. The van der Waals surface area contributed by atoms with Crippen LogP contribution in [-0.4, -0.2) is 64.7 Å². The van der Waals surface area contributed by atoms with Crippen molar-refractivity contribution in [3.8, 4) is 10.6 Å². The molecule has 6 nitrogen and oxygen atoms in total. The number of nitrogens with zero attached hydrogens (tertiary/aromatic N) is 3. The zero-order chi connectivity index (χ0) is 17.3. The SMILES string of the molecule is CN1CCN(Cc2ccc(-c3ccn[nH]3)s2)C[C@]12CCNC(=O)CC2. The Hall–Kier alpha value is -1.70. The molecule has 2 saturated heterocycles. The monoisotopic (exact) mass is 359 g/mol. The van der Waals surface area contributed by atoms with E-state index >= 15 is 0 Å². The first-order chi connectivity index (χ1) is 12.1. The normalized spacial score (nSPS) is 25.9. The number of hydrogen-bond acceptors (Lipinski definition) is 5. The average molecular weight is 359 g/mol. The minimum Gasteiger partial charge on any atom is -0.356 e. The van der Waals surface area contributed by atoms with Crippen LogP contribution >= 0.6 is 11.3 Å². The van der Waals surface area contributed by atoms with Crippen LogP contribution in [0.3, 0.4) is 0 Å². The van der Waals surface area contributed by atoms with E-state index in [4.69, 9.17) is 0 Å². The Kier molecular flexibility index (Phi) is 4.62. The number of H-pyrrole nitrogens is 1. The van der Waals surface area contributed by atoms with Crippen molar-refractivity contribution < 1.29 is 4.79 Å². The summed E-state index contributed by atoms with van der Waals surface area (Å²) in [5.41, 5.74) is 1.21. The molecule has 134 valence electrons. The molecule has 0 bridgehead atoms. The lowest BCUT2D eigenvalue weighted by atomic mass is 9.86. The fourth-order valence-electron chi connectivity index (χ4n) is 4.03. The lowest BCUT2D eigenvalue weighted by Crippen LogP contribution is -2.60. The van der Waals surface area contributed by atoms with Gasteiger partial charge in [-0.2, -0.15) is 5.10 Å². The summed E-state index contributed by atoms with van der Waals surface area (Å²) >= 11 is 1.83. The Morgan fingerprint density at radius 2 is 2.20 bits per heavy atom. The van der Waals surface area contributed by atoms with Crippen molar-refractivity contribution in [2.45, 2.75) is 31.3 Å². The summed E-state index contributed by atoms with van der Waals surface area (Å²) in [6.07, 6.45) is 4.42. The smallest absolute Gasteiger partial charge is 0.220 e. The van der Waals surface area contributed by atoms with Gasteiger partial charge in [-0.3, -0.25) is 19.7 Å². The molecule has 0 aliphatic carbocycles. The minimum absolute atomic E-state index is 0.126. The highest BCUT2D eigenvalue weighted by Gasteiger charge is 2.40. The highest BCUT2D eigenvalue weighted by molar-refractivity contribution is 7.15. The van der Waals surface area contributed by atoms with Gasteiger partial charge in [0.05, 0.1) is 10.6 Å². The van der Waals surface area contributed by atoms with E-state index in [1.807, 2.05) is 17.4 Å². The van der Waals surface area contributed by atoms with Crippen LogP contribution in [-0.2, 0) is 11.3 Å². The predicted molar refractivity (Wildman–Crippen MR) is 99.4 cm³/mol. The van der Waals surface area contributed by atoms with E-state index in [2.05, 4.69) is 44.5 Å². The van der Waals surface area contributed by atoms with E-state index < -0.39 is 0 Å². The maximum atomic E-state index is 11.8.